The number of nitro benzene ring substituents is 1. The second-order valence-corrected chi connectivity index (χ2v) is 7.73. The van der Waals surface area contributed by atoms with Gasteiger partial charge in [-0.3, -0.25) is 14.9 Å². The Bertz CT molecular complexity index is 1280. The van der Waals surface area contributed by atoms with Crippen LogP contribution in [0.1, 0.15) is 28.5 Å². The fourth-order valence-electron chi connectivity index (χ4n) is 3.54. The molecule has 1 aliphatic heterocycles. The van der Waals surface area contributed by atoms with Crippen LogP contribution in [-0.4, -0.2) is 17.4 Å². The lowest BCUT2D eigenvalue weighted by molar-refractivity contribution is -0.384. The summed E-state index contributed by atoms with van der Waals surface area (Å²) in [4.78, 5) is 22.4. The first-order valence-corrected chi connectivity index (χ1v) is 10.5. The van der Waals surface area contributed by atoms with Crippen LogP contribution < -0.4 is 10.1 Å². The summed E-state index contributed by atoms with van der Waals surface area (Å²) in [5, 5.41) is 13.6. The van der Waals surface area contributed by atoms with Crippen molar-refractivity contribution in [2.75, 3.05) is 11.9 Å². The predicted octanol–water partition coefficient (Wildman–Crippen LogP) is 5.52. The molecule has 0 amide bonds. The van der Waals surface area contributed by atoms with Crippen molar-refractivity contribution in [2.24, 2.45) is 0 Å². The number of nitrogens with one attached hydrogen (secondary N) is 1. The van der Waals surface area contributed by atoms with E-state index in [4.69, 9.17) is 14.2 Å². The molecule has 12 heteroatoms. The fourth-order valence-corrected chi connectivity index (χ4v) is 3.54. The van der Waals surface area contributed by atoms with Crippen LogP contribution in [-0.2, 0) is 33.7 Å². The summed E-state index contributed by atoms with van der Waals surface area (Å²) in [6.45, 7) is -0.899. The van der Waals surface area contributed by atoms with Crippen LogP contribution in [0.4, 0.5) is 28.9 Å². The summed E-state index contributed by atoms with van der Waals surface area (Å²) in [7, 11) is 0. The molecular formula is C24H18F4N2O6. The molecule has 4 rings (SSSR count). The number of halogens is 4. The molecule has 1 atom stereocenters. The molecule has 1 N–H and O–H groups in total. The first kappa shape index (κ1) is 24.9. The van der Waals surface area contributed by atoms with Crippen LogP contribution in [0.2, 0.25) is 0 Å². The standard InChI is InChI=1S/C24H18F4N2O6/c25-18-8-15(22-16(9-18)13-35-23(36-22)14-4-2-1-3-5-14)12-34-21(31)11-29-19-7-6-17(24(26,27)28)10-20(19)30(32)33/h1-10,23,29H,11-13H2. The van der Waals surface area contributed by atoms with Gasteiger partial charge in [0.2, 0.25) is 6.29 Å². The topological polar surface area (TPSA) is 99.9 Å². The maximum absolute atomic E-state index is 14.1. The molecule has 188 valence electrons. The number of ether oxygens (including phenoxy) is 3. The summed E-state index contributed by atoms with van der Waals surface area (Å²) in [6.07, 6.45) is -5.51. The van der Waals surface area contributed by atoms with Gasteiger partial charge in [-0.2, -0.15) is 13.2 Å². The van der Waals surface area contributed by atoms with E-state index in [-0.39, 0.29) is 24.5 Å². The Morgan fingerprint density at radius 1 is 1.14 bits per heavy atom. The van der Waals surface area contributed by atoms with Crippen molar-refractivity contribution >= 4 is 17.3 Å². The summed E-state index contributed by atoms with van der Waals surface area (Å²) in [5.41, 5.74) is -0.944. The highest BCUT2D eigenvalue weighted by molar-refractivity contribution is 5.77. The lowest BCUT2D eigenvalue weighted by Gasteiger charge is -2.28. The Morgan fingerprint density at radius 2 is 1.89 bits per heavy atom. The van der Waals surface area contributed by atoms with E-state index in [1.165, 1.54) is 6.07 Å². The van der Waals surface area contributed by atoms with E-state index in [1.54, 1.807) is 24.3 Å². The zero-order valence-corrected chi connectivity index (χ0v) is 18.4. The highest BCUT2D eigenvalue weighted by Crippen LogP contribution is 2.37. The van der Waals surface area contributed by atoms with Gasteiger partial charge < -0.3 is 19.5 Å². The van der Waals surface area contributed by atoms with Crippen molar-refractivity contribution in [3.05, 3.63) is 98.8 Å². The van der Waals surface area contributed by atoms with E-state index in [0.717, 1.165) is 17.7 Å². The van der Waals surface area contributed by atoms with Crippen molar-refractivity contribution < 1.29 is 41.5 Å². The molecule has 0 bridgehead atoms. The highest BCUT2D eigenvalue weighted by Gasteiger charge is 2.33. The van der Waals surface area contributed by atoms with Crippen LogP contribution in [0.3, 0.4) is 0 Å². The molecule has 0 fully saturated rings. The van der Waals surface area contributed by atoms with E-state index in [9.17, 15) is 32.5 Å². The van der Waals surface area contributed by atoms with Crippen molar-refractivity contribution in [3.8, 4) is 5.75 Å². The Hall–Kier alpha value is -4.19. The Kier molecular flexibility index (Phi) is 7.06. The quantitative estimate of drug-likeness (QED) is 0.195. The first-order chi connectivity index (χ1) is 17.1. The molecule has 36 heavy (non-hydrogen) atoms. The zero-order valence-electron chi connectivity index (χ0n) is 18.4. The predicted molar refractivity (Wildman–Crippen MR) is 117 cm³/mol. The van der Waals surface area contributed by atoms with Gasteiger partial charge in [-0.25, -0.2) is 4.39 Å². The third-order valence-electron chi connectivity index (χ3n) is 5.23. The van der Waals surface area contributed by atoms with Gasteiger partial charge in [0.15, 0.2) is 0 Å². The molecule has 0 aliphatic carbocycles. The van der Waals surface area contributed by atoms with Gasteiger partial charge in [0.25, 0.3) is 5.69 Å². The van der Waals surface area contributed by atoms with E-state index in [1.807, 2.05) is 6.07 Å². The molecule has 3 aromatic rings. The maximum Gasteiger partial charge on any atom is 0.416 e. The number of nitro groups is 1. The van der Waals surface area contributed by atoms with Crippen LogP contribution in [0.5, 0.6) is 5.75 Å². The summed E-state index contributed by atoms with van der Waals surface area (Å²) < 4.78 is 69.3. The van der Waals surface area contributed by atoms with Crippen LogP contribution in [0, 0.1) is 15.9 Å². The number of benzene rings is 3. The molecule has 0 radical (unpaired) electrons. The molecule has 3 aromatic carbocycles. The summed E-state index contributed by atoms with van der Waals surface area (Å²) in [5.74, 6) is -1.17. The van der Waals surface area contributed by atoms with E-state index < -0.39 is 47.0 Å². The number of esters is 1. The highest BCUT2D eigenvalue weighted by atomic mass is 19.4. The number of carbonyl (C=O) groups excluding carboxylic acids is 1. The number of alkyl halides is 3. The molecule has 0 spiro atoms. The second kappa shape index (κ2) is 10.2. The van der Waals surface area contributed by atoms with Gasteiger partial charge in [-0.1, -0.05) is 30.3 Å². The molecule has 0 saturated carbocycles. The van der Waals surface area contributed by atoms with E-state index in [2.05, 4.69) is 5.32 Å². The number of fused-ring (bicyclic) bond motifs is 1. The number of rotatable bonds is 7. The average Bonchev–Trinajstić information content (AvgIpc) is 2.85. The van der Waals surface area contributed by atoms with Crippen molar-refractivity contribution in [3.63, 3.8) is 0 Å². The zero-order chi connectivity index (χ0) is 25.9. The minimum absolute atomic E-state index is 0.0622. The molecule has 0 saturated heterocycles. The van der Waals surface area contributed by atoms with Crippen molar-refractivity contribution in [2.45, 2.75) is 25.7 Å². The number of nitrogens with zero attached hydrogens (tertiary/aromatic N) is 1. The summed E-state index contributed by atoms with van der Waals surface area (Å²) in [6, 6.07) is 13.3. The SMILES string of the molecule is O=C(CNc1ccc(C(F)(F)F)cc1[N+](=O)[O-])OCc1cc(F)cc2c1OC(c1ccccc1)OC2. The maximum atomic E-state index is 14.1. The third-order valence-corrected chi connectivity index (χ3v) is 5.23. The van der Waals surface area contributed by atoms with Gasteiger partial charge in [-0.05, 0) is 24.3 Å². The van der Waals surface area contributed by atoms with Gasteiger partial charge in [-0.15, -0.1) is 0 Å². The summed E-state index contributed by atoms with van der Waals surface area (Å²) >= 11 is 0. The van der Waals surface area contributed by atoms with Crippen LogP contribution in [0.15, 0.2) is 60.7 Å². The van der Waals surface area contributed by atoms with Crippen molar-refractivity contribution in [1.29, 1.82) is 0 Å². The number of hydrogen-bond donors (Lipinski definition) is 1. The molecule has 8 nitrogen and oxygen atoms in total. The third kappa shape index (κ3) is 5.71. The number of hydrogen-bond acceptors (Lipinski definition) is 7. The Balaban J connectivity index is 1.43. The lowest BCUT2D eigenvalue weighted by Crippen LogP contribution is -2.21. The minimum atomic E-state index is -4.76. The minimum Gasteiger partial charge on any atom is -0.460 e. The second-order valence-electron chi connectivity index (χ2n) is 7.73. The molecular weight excluding hydrogens is 488 g/mol. The lowest BCUT2D eigenvalue weighted by atomic mass is 10.1. The number of anilines is 1. The van der Waals surface area contributed by atoms with Crippen molar-refractivity contribution in [1.82, 2.24) is 0 Å². The van der Waals surface area contributed by atoms with E-state index >= 15 is 0 Å². The Labute approximate surface area is 201 Å². The normalized spacial score (nSPS) is 14.9. The van der Waals surface area contributed by atoms with Gasteiger partial charge in [0.05, 0.1) is 17.1 Å². The largest absolute Gasteiger partial charge is 0.460 e. The molecule has 1 unspecified atom stereocenters. The van der Waals surface area contributed by atoms with Gasteiger partial charge in [0.1, 0.15) is 30.4 Å². The van der Waals surface area contributed by atoms with Crippen LogP contribution >= 0.6 is 0 Å². The average molecular weight is 506 g/mol. The number of carbonyl (C=O) groups is 1. The molecule has 0 aromatic heterocycles. The van der Waals surface area contributed by atoms with Gasteiger partial charge in [0, 0.05) is 22.8 Å². The molecule has 1 aliphatic rings. The monoisotopic (exact) mass is 506 g/mol. The fraction of sp³-hybridized carbons (Fsp3) is 0.208. The van der Waals surface area contributed by atoms with Crippen LogP contribution in [0.25, 0.3) is 0 Å². The Morgan fingerprint density at radius 3 is 2.58 bits per heavy atom. The van der Waals surface area contributed by atoms with Gasteiger partial charge >= 0.3 is 12.1 Å². The smallest absolute Gasteiger partial charge is 0.416 e. The van der Waals surface area contributed by atoms with E-state index in [0.29, 0.717) is 23.4 Å². The molecule has 1 heterocycles. The first-order valence-electron chi connectivity index (χ1n) is 10.5.